The van der Waals surface area contributed by atoms with Gasteiger partial charge in [0.1, 0.15) is 11.9 Å². The first-order chi connectivity index (χ1) is 8.72. The molecular formula is C15H13BrO2. The maximum Gasteiger partial charge on any atom is 0.153 e. The van der Waals surface area contributed by atoms with Crippen molar-refractivity contribution in [3.8, 4) is 5.75 Å². The topological polar surface area (TPSA) is 26.3 Å². The van der Waals surface area contributed by atoms with E-state index in [2.05, 4.69) is 15.9 Å². The molecule has 3 heteroatoms. The molecule has 0 aliphatic carbocycles. The number of aldehydes is 1. The van der Waals surface area contributed by atoms with E-state index in [0.29, 0.717) is 11.3 Å². The molecule has 92 valence electrons. The maximum absolute atomic E-state index is 11.0. The predicted molar refractivity (Wildman–Crippen MR) is 75.0 cm³/mol. The first-order valence-corrected chi connectivity index (χ1v) is 6.47. The zero-order valence-corrected chi connectivity index (χ0v) is 11.6. The molecule has 1 unspecified atom stereocenters. The van der Waals surface area contributed by atoms with Crippen LogP contribution in [-0.4, -0.2) is 6.29 Å². The molecule has 2 aromatic rings. The molecule has 0 radical (unpaired) electrons. The molecule has 18 heavy (non-hydrogen) atoms. The molecule has 0 saturated carbocycles. The minimum Gasteiger partial charge on any atom is -0.484 e. The van der Waals surface area contributed by atoms with Crippen molar-refractivity contribution in [1.29, 1.82) is 0 Å². The SMILES string of the molecule is CC(Oc1c(Br)cccc1C=O)c1ccccc1. The zero-order chi connectivity index (χ0) is 13.0. The molecule has 1 atom stereocenters. The number of para-hydroxylation sites is 1. The van der Waals surface area contributed by atoms with Crippen LogP contribution < -0.4 is 4.74 Å². The smallest absolute Gasteiger partial charge is 0.153 e. The first-order valence-electron chi connectivity index (χ1n) is 5.67. The van der Waals surface area contributed by atoms with Gasteiger partial charge in [0, 0.05) is 0 Å². The summed E-state index contributed by atoms with van der Waals surface area (Å²) in [6, 6.07) is 15.3. The van der Waals surface area contributed by atoms with Crippen molar-refractivity contribution >= 4 is 22.2 Å². The van der Waals surface area contributed by atoms with Crippen LogP contribution in [0.3, 0.4) is 0 Å². The lowest BCUT2D eigenvalue weighted by molar-refractivity contribution is 0.111. The zero-order valence-electron chi connectivity index (χ0n) is 9.97. The molecule has 2 aromatic carbocycles. The number of rotatable bonds is 4. The van der Waals surface area contributed by atoms with Gasteiger partial charge in [0.05, 0.1) is 10.0 Å². The van der Waals surface area contributed by atoms with Crippen molar-refractivity contribution in [3.63, 3.8) is 0 Å². The lowest BCUT2D eigenvalue weighted by atomic mass is 10.1. The van der Waals surface area contributed by atoms with E-state index < -0.39 is 0 Å². The fourth-order valence-corrected chi connectivity index (χ4v) is 2.19. The fourth-order valence-electron chi connectivity index (χ4n) is 1.71. The average Bonchev–Trinajstić information content (AvgIpc) is 2.42. The van der Waals surface area contributed by atoms with Gasteiger partial charge in [-0.15, -0.1) is 0 Å². The van der Waals surface area contributed by atoms with Crippen LogP contribution >= 0.6 is 15.9 Å². The summed E-state index contributed by atoms with van der Waals surface area (Å²) in [5.41, 5.74) is 1.62. The van der Waals surface area contributed by atoms with Crippen LogP contribution in [0.5, 0.6) is 5.75 Å². The van der Waals surface area contributed by atoms with Gasteiger partial charge in [-0.1, -0.05) is 36.4 Å². The van der Waals surface area contributed by atoms with E-state index in [-0.39, 0.29) is 6.10 Å². The minimum atomic E-state index is -0.108. The van der Waals surface area contributed by atoms with Crippen molar-refractivity contribution in [1.82, 2.24) is 0 Å². The Bertz CT molecular complexity index is 537. The third-order valence-corrected chi connectivity index (χ3v) is 3.31. The standard InChI is InChI=1S/C15H13BrO2/c1-11(12-6-3-2-4-7-12)18-15-13(10-17)8-5-9-14(15)16/h2-11H,1H3. The molecule has 0 bridgehead atoms. The highest BCUT2D eigenvalue weighted by Crippen LogP contribution is 2.31. The molecule has 0 N–H and O–H groups in total. The Kier molecular flexibility index (Phi) is 4.15. The number of carbonyl (C=O) groups is 1. The second kappa shape index (κ2) is 5.83. The lowest BCUT2D eigenvalue weighted by Crippen LogP contribution is -2.05. The second-order valence-corrected chi connectivity index (χ2v) is 4.80. The minimum absolute atomic E-state index is 0.108. The largest absolute Gasteiger partial charge is 0.484 e. The molecular weight excluding hydrogens is 292 g/mol. The van der Waals surface area contributed by atoms with Crippen LogP contribution in [0.25, 0.3) is 0 Å². The molecule has 0 amide bonds. The highest BCUT2D eigenvalue weighted by Gasteiger charge is 2.12. The highest BCUT2D eigenvalue weighted by atomic mass is 79.9. The number of benzene rings is 2. The van der Waals surface area contributed by atoms with Gasteiger partial charge in [-0.2, -0.15) is 0 Å². The molecule has 2 rings (SSSR count). The summed E-state index contributed by atoms with van der Waals surface area (Å²) in [7, 11) is 0. The van der Waals surface area contributed by atoms with E-state index in [1.807, 2.05) is 49.4 Å². The summed E-state index contributed by atoms with van der Waals surface area (Å²) in [6.07, 6.45) is 0.696. The van der Waals surface area contributed by atoms with Crippen LogP contribution in [0.2, 0.25) is 0 Å². The fraction of sp³-hybridized carbons (Fsp3) is 0.133. The number of hydrogen-bond acceptors (Lipinski definition) is 2. The molecule has 0 aromatic heterocycles. The van der Waals surface area contributed by atoms with Gasteiger partial charge in [-0.3, -0.25) is 4.79 Å². The Labute approximate surface area is 115 Å². The number of halogens is 1. The van der Waals surface area contributed by atoms with Gasteiger partial charge in [-0.05, 0) is 40.5 Å². The summed E-state index contributed by atoms with van der Waals surface area (Å²) in [4.78, 5) is 11.0. The molecule has 2 nitrogen and oxygen atoms in total. The summed E-state index contributed by atoms with van der Waals surface area (Å²) in [6.45, 7) is 1.96. The Balaban J connectivity index is 2.27. The first kappa shape index (κ1) is 12.8. The second-order valence-electron chi connectivity index (χ2n) is 3.95. The molecule has 0 saturated heterocycles. The van der Waals surface area contributed by atoms with Gasteiger partial charge in [0.2, 0.25) is 0 Å². The van der Waals surface area contributed by atoms with E-state index in [1.165, 1.54) is 0 Å². The van der Waals surface area contributed by atoms with Gasteiger partial charge < -0.3 is 4.74 Å². The Morgan fingerprint density at radius 1 is 1.11 bits per heavy atom. The van der Waals surface area contributed by atoms with Crippen molar-refractivity contribution in [2.75, 3.05) is 0 Å². The third kappa shape index (κ3) is 2.79. The molecule has 0 spiro atoms. The Morgan fingerprint density at radius 2 is 1.83 bits per heavy atom. The van der Waals surface area contributed by atoms with Crippen molar-refractivity contribution in [2.45, 2.75) is 13.0 Å². The van der Waals surface area contributed by atoms with Crippen LogP contribution in [0, 0.1) is 0 Å². The maximum atomic E-state index is 11.0. The monoisotopic (exact) mass is 304 g/mol. The predicted octanol–water partition coefficient (Wildman–Crippen LogP) is 4.40. The summed E-state index contributed by atoms with van der Waals surface area (Å²) in [5.74, 6) is 0.587. The average molecular weight is 305 g/mol. The van der Waals surface area contributed by atoms with E-state index in [9.17, 15) is 4.79 Å². The Hall–Kier alpha value is -1.61. The van der Waals surface area contributed by atoms with Gasteiger partial charge in [0.15, 0.2) is 6.29 Å². The van der Waals surface area contributed by atoms with E-state index in [0.717, 1.165) is 16.3 Å². The van der Waals surface area contributed by atoms with Crippen molar-refractivity contribution in [2.24, 2.45) is 0 Å². The van der Waals surface area contributed by atoms with E-state index in [1.54, 1.807) is 6.07 Å². The highest BCUT2D eigenvalue weighted by molar-refractivity contribution is 9.10. The quantitative estimate of drug-likeness (QED) is 0.783. The van der Waals surface area contributed by atoms with Gasteiger partial charge in [-0.25, -0.2) is 0 Å². The third-order valence-electron chi connectivity index (χ3n) is 2.69. The Morgan fingerprint density at radius 3 is 2.50 bits per heavy atom. The van der Waals surface area contributed by atoms with Crippen LogP contribution in [0.15, 0.2) is 53.0 Å². The van der Waals surface area contributed by atoms with Gasteiger partial charge in [0.25, 0.3) is 0 Å². The summed E-state index contributed by atoms with van der Waals surface area (Å²) >= 11 is 3.41. The van der Waals surface area contributed by atoms with Crippen molar-refractivity contribution < 1.29 is 9.53 Å². The van der Waals surface area contributed by atoms with Gasteiger partial charge >= 0.3 is 0 Å². The van der Waals surface area contributed by atoms with Crippen LogP contribution in [-0.2, 0) is 0 Å². The molecule has 0 heterocycles. The normalized spacial score (nSPS) is 11.9. The van der Waals surface area contributed by atoms with Crippen LogP contribution in [0.1, 0.15) is 28.9 Å². The molecule has 0 fully saturated rings. The molecule has 0 aliphatic rings. The number of hydrogen-bond donors (Lipinski definition) is 0. The van der Waals surface area contributed by atoms with Crippen molar-refractivity contribution in [3.05, 3.63) is 64.1 Å². The summed E-state index contributed by atoms with van der Waals surface area (Å²) in [5, 5.41) is 0. The molecule has 0 aliphatic heterocycles. The van der Waals surface area contributed by atoms with Crippen LogP contribution in [0.4, 0.5) is 0 Å². The lowest BCUT2D eigenvalue weighted by Gasteiger charge is -2.17. The number of carbonyl (C=O) groups excluding carboxylic acids is 1. The number of ether oxygens (including phenoxy) is 1. The summed E-state index contributed by atoms with van der Waals surface area (Å²) < 4.78 is 6.66. The van der Waals surface area contributed by atoms with E-state index >= 15 is 0 Å². The van der Waals surface area contributed by atoms with E-state index in [4.69, 9.17) is 4.74 Å².